The molecular formula is C56H38. The van der Waals surface area contributed by atoms with E-state index >= 15 is 0 Å². The third-order valence-corrected chi connectivity index (χ3v) is 13.0. The van der Waals surface area contributed by atoms with E-state index in [1.54, 1.807) is 0 Å². The summed E-state index contributed by atoms with van der Waals surface area (Å²) < 4.78 is 0. The van der Waals surface area contributed by atoms with E-state index in [-0.39, 0.29) is 5.92 Å². The molecule has 12 rings (SSSR count). The van der Waals surface area contributed by atoms with Crippen LogP contribution in [-0.4, -0.2) is 0 Å². The van der Waals surface area contributed by atoms with Crippen LogP contribution < -0.4 is 0 Å². The molecule has 9 aromatic carbocycles. The zero-order valence-electron chi connectivity index (χ0n) is 31.1. The van der Waals surface area contributed by atoms with Crippen LogP contribution in [0, 0.1) is 0 Å². The molecule has 3 aliphatic rings. The molecule has 0 amide bonds. The second kappa shape index (κ2) is 12.4. The molecule has 1 unspecified atom stereocenters. The largest absolute Gasteiger partial charge is 0.0622 e. The van der Waals surface area contributed by atoms with Crippen molar-refractivity contribution >= 4 is 10.8 Å². The van der Waals surface area contributed by atoms with Gasteiger partial charge in [0.2, 0.25) is 0 Å². The molecule has 0 nitrogen and oxygen atoms in total. The van der Waals surface area contributed by atoms with Crippen molar-refractivity contribution in [2.24, 2.45) is 0 Å². The highest BCUT2D eigenvalue weighted by Gasteiger charge is 2.33. The Hall–Kier alpha value is -6.76. The predicted molar refractivity (Wildman–Crippen MR) is 233 cm³/mol. The van der Waals surface area contributed by atoms with E-state index in [1.165, 1.54) is 116 Å². The Morgan fingerprint density at radius 2 is 0.875 bits per heavy atom. The SMILES string of the molecule is c1ccc(-c2ccc(C(c3cccc4c3Cc3ccccc3-4)c3cccc4c3-c3cc5ccccc5c(-c5cccc6c5Cc5ccccc5-6)c3C4)cc2)cc1. The molecule has 0 fully saturated rings. The molecule has 56 heavy (non-hydrogen) atoms. The van der Waals surface area contributed by atoms with Crippen molar-refractivity contribution in [2.75, 3.05) is 0 Å². The average molecular weight is 711 g/mol. The zero-order chi connectivity index (χ0) is 36.7. The van der Waals surface area contributed by atoms with Crippen molar-refractivity contribution in [3.05, 3.63) is 238 Å². The van der Waals surface area contributed by atoms with Crippen molar-refractivity contribution in [1.29, 1.82) is 0 Å². The number of benzene rings is 9. The highest BCUT2D eigenvalue weighted by Crippen LogP contribution is 2.53. The lowest BCUT2D eigenvalue weighted by Crippen LogP contribution is -2.08. The minimum atomic E-state index is 0.0652. The monoisotopic (exact) mass is 710 g/mol. The van der Waals surface area contributed by atoms with Gasteiger partial charge in [-0.05, 0) is 142 Å². The summed E-state index contributed by atoms with van der Waals surface area (Å²) in [4.78, 5) is 0. The summed E-state index contributed by atoms with van der Waals surface area (Å²) in [5, 5.41) is 2.65. The number of hydrogen-bond donors (Lipinski definition) is 0. The fraction of sp³-hybridized carbons (Fsp3) is 0.0714. The molecule has 1 atom stereocenters. The van der Waals surface area contributed by atoms with Crippen molar-refractivity contribution in [1.82, 2.24) is 0 Å². The van der Waals surface area contributed by atoms with E-state index in [2.05, 4.69) is 188 Å². The lowest BCUT2D eigenvalue weighted by Gasteiger charge is -2.25. The van der Waals surface area contributed by atoms with Gasteiger partial charge < -0.3 is 0 Å². The molecular weight excluding hydrogens is 673 g/mol. The van der Waals surface area contributed by atoms with E-state index in [9.17, 15) is 0 Å². The summed E-state index contributed by atoms with van der Waals surface area (Å²) in [6, 6.07) is 70.9. The Bertz CT molecular complexity index is 3040. The van der Waals surface area contributed by atoms with Gasteiger partial charge in [0.15, 0.2) is 0 Å². The summed E-state index contributed by atoms with van der Waals surface area (Å²) in [7, 11) is 0. The molecule has 0 heterocycles. The van der Waals surface area contributed by atoms with Gasteiger partial charge in [-0.1, -0.05) is 182 Å². The first-order valence-electron chi connectivity index (χ1n) is 20.0. The number of fused-ring (bicyclic) bond motifs is 10. The van der Waals surface area contributed by atoms with Crippen LogP contribution in [0.2, 0.25) is 0 Å². The molecule has 0 aliphatic heterocycles. The molecule has 262 valence electrons. The van der Waals surface area contributed by atoms with Gasteiger partial charge >= 0.3 is 0 Å². The maximum Gasteiger partial charge on any atom is 0.0349 e. The number of rotatable bonds is 5. The molecule has 0 N–H and O–H groups in total. The summed E-state index contributed by atoms with van der Waals surface area (Å²) >= 11 is 0. The van der Waals surface area contributed by atoms with Gasteiger partial charge in [0.05, 0.1) is 0 Å². The van der Waals surface area contributed by atoms with Gasteiger partial charge in [0.1, 0.15) is 0 Å². The third kappa shape index (κ3) is 4.72. The first-order chi connectivity index (χ1) is 27.8. The average Bonchev–Trinajstić information content (AvgIpc) is 3.96. The van der Waals surface area contributed by atoms with Crippen LogP contribution in [0.25, 0.3) is 66.4 Å². The van der Waals surface area contributed by atoms with Crippen molar-refractivity contribution in [3.8, 4) is 55.6 Å². The molecule has 3 aliphatic carbocycles. The van der Waals surface area contributed by atoms with E-state index in [4.69, 9.17) is 0 Å². The van der Waals surface area contributed by atoms with E-state index < -0.39 is 0 Å². The molecule has 0 heteroatoms. The highest BCUT2D eigenvalue weighted by molar-refractivity contribution is 6.06. The van der Waals surface area contributed by atoms with Crippen LogP contribution in [0.4, 0.5) is 0 Å². The molecule has 0 bridgehead atoms. The zero-order valence-corrected chi connectivity index (χ0v) is 31.1. The molecule has 0 saturated heterocycles. The lowest BCUT2D eigenvalue weighted by atomic mass is 9.78. The quantitative estimate of drug-likeness (QED) is 0.156. The summed E-state index contributed by atoms with van der Waals surface area (Å²) in [6.45, 7) is 0. The minimum absolute atomic E-state index is 0.0652. The van der Waals surface area contributed by atoms with Crippen LogP contribution in [0.1, 0.15) is 56.0 Å². The first kappa shape index (κ1) is 31.6. The third-order valence-electron chi connectivity index (χ3n) is 13.0. The van der Waals surface area contributed by atoms with Gasteiger partial charge in [-0.2, -0.15) is 0 Å². The van der Waals surface area contributed by atoms with Gasteiger partial charge in [-0.25, -0.2) is 0 Å². The predicted octanol–water partition coefficient (Wildman–Crippen LogP) is 14.1. The molecule has 0 radical (unpaired) electrons. The summed E-state index contributed by atoms with van der Waals surface area (Å²) in [6.07, 6.45) is 2.86. The van der Waals surface area contributed by atoms with E-state index in [0.29, 0.717) is 0 Å². The Balaban J connectivity index is 1.09. The second-order valence-corrected chi connectivity index (χ2v) is 15.9. The Morgan fingerprint density at radius 1 is 0.321 bits per heavy atom. The van der Waals surface area contributed by atoms with Crippen LogP contribution in [0.5, 0.6) is 0 Å². The molecule has 0 saturated carbocycles. The van der Waals surface area contributed by atoms with E-state index in [0.717, 1.165) is 19.3 Å². The number of hydrogen-bond acceptors (Lipinski definition) is 0. The topological polar surface area (TPSA) is 0 Å². The second-order valence-electron chi connectivity index (χ2n) is 15.9. The maximum atomic E-state index is 2.50. The van der Waals surface area contributed by atoms with Gasteiger partial charge in [0.25, 0.3) is 0 Å². The molecule has 0 spiro atoms. The van der Waals surface area contributed by atoms with Crippen molar-refractivity contribution < 1.29 is 0 Å². The minimum Gasteiger partial charge on any atom is -0.0622 e. The highest BCUT2D eigenvalue weighted by atomic mass is 14.4. The van der Waals surface area contributed by atoms with E-state index in [1.807, 2.05) is 0 Å². The Morgan fingerprint density at radius 3 is 1.68 bits per heavy atom. The smallest absolute Gasteiger partial charge is 0.0349 e. The van der Waals surface area contributed by atoms with Crippen molar-refractivity contribution in [3.63, 3.8) is 0 Å². The van der Waals surface area contributed by atoms with Crippen LogP contribution in [0.15, 0.2) is 188 Å². The summed E-state index contributed by atoms with van der Waals surface area (Å²) in [5.74, 6) is 0.0652. The fourth-order valence-electron chi connectivity index (χ4n) is 10.5. The Labute approximate surface area is 328 Å². The van der Waals surface area contributed by atoms with Crippen LogP contribution in [0.3, 0.4) is 0 Å². The normalized spacial score (nSPS) is 13.4. The summed E-state index contributed by atoms with van der Waals surface area (Å²) in [5.41, 5.74) is 26.4. The lowest BCUT2D eigenvalue weighted by molar-refractivity contribution is 0.956. The van der Waals surface area contributed by atoms with Gasteiger partial charge in [-0.15, -0.1) is 0 Å². The fourth-order valence-corrected chi connectivity index (χ4v) is 10.5. The van der Waals surface area contributed by atoms with Gasteiger partial charge in [0, 0.05) is 5.92 Å². The van der Waals surface area contributed by atoms with Crippen LogP contribution in [-0.2, 0) is 19.3 Å². The van der Waals surface area contributed by atoms with Gasteiger partial charge in [-0.3, -0.25) is 0 Å². The van der Waals surface area contributed by atoms with Crippen LogP contribution >= 0.6 is 0 Å². The Kier molecular flexibility index (Phi) is 6.98. The standard InChI is InChI=1S/C56H38/c1-2-13-35(14-3-1)36-27-29-37(30-28-36)54(47-24-11-22-45-42-19-7-4-15-38(42)31-50(45)47)49-26-10-18-41-34-53-52(55(41)49)33-40-17-6-9-21-44(40)56(53)48-25-12-23-46-43-20-8-5-16-39(43)32-51(46)48/h1-30,33,54H,31-32,34H2. The first-order valence-corrected chi connectivity index (χ1v) is 20.0. The van der Waals surface area contributed by atoms with Crippen molar-refractivity contribution in [2.45, 2.75) is 25.2 Å². The molecule has 9 aromatic rings. The molecule has 0 aromatic heterocycles. The maximum absolute atomic E-state index is 2.50.